The number of imide groups is 1. The van der Waals surface area contributed by atoms with Crippen LogP contribution in [0.4, 0.5) is 0 Å². The van der Waals surface area contributed by atoms with Crippen molar-refractivity contribution in [2.75, 3.05) is 13.3 Å². The fourth-order valence-corrected chi connectivity index (χ4v) is 1.64. The number of carbonyl (C=O) groups excluding carboxylic acids is 2. The number of nitrogens with zero attached hydrogens (tertiary/aromatic N) is 1. The van der Waals surface area contributed by atoms with Gasteiger partial charge in [0, 0.05) is 0 Å². The van der Waals surface area contributed by atoms with Gasteiger partial charge in [0.15, 0.2) is 0 Å². The van der Waals surface area contributed by atoms with Crippen LogP contribution in [0.1, 0.15) is 41.5 Å². The molecule has 0 aromatic heterocycles. The summed E-state index contributed by atoms with van der Waals surface area (Å²) < 4.78 is 0. The molecule has 1 N–H and O–H groups in total. The van der Waals surface area contributed by atoms with E-state index in [0.717, 1.165) is 18.0 Å². The molecule has 0 unspecified atom stereocenters. The van der Waals surface area contributed by atoms with Crippen LogP contribution in [0.5, 0.6) is 0 Å². The Balaban J connectivity index is 0.00000162. The molecule has 0 bridgehead atoms. The van der Waals surface area contributed by atoms with Crippen molar-refractivity contribution < 1.29 is 14.4 Å². The van der Waals surface area contributed by atoms with Crippen LogP contribution in [0.2, 0.25) is 0 Å². The second-order valence-electron chi connectivity index (χ2n) is 3.72. The van der Waals surface area contributed by atoms with Gasteiger partial charge in [-0.1, -0.05) is 26.5 Å². The molecular weight excluding hydrogens is 232 g/mol. The third kappa shape index (κ3) is 2.57. The maximum atomic E-state index is 11.8. The van der Waals surface area contributed by atoms with Crippen molar-refractivity contribution in [1.82, 2.24) is 10.4 Å². The number of hydroxylamine groups is 2. The molecular formula is C13H18N2O3. The van der Waals surface area contributed by atoms with E-state index < -0.39 is 11.8 Å². The van der Waals surface area contributed by atoms with Crippen molar-refractivity contribution in [3.63, 3.8) is 0 Å². The van der Waals surface area contributed by atoms with E-state index in [9.17, 15) is 9.59 Å². The number of hydrogen-bond acceptors (Lipinski definition) is 4. The first-order valence-corrected chi connectivity index (χ1v) is 5.57. The molecule has 0 saturated heterocycles. The molecule has 0 fully saturated rings. The van der Waals surface area contributed by atoms with Crippen LogP contribution in [0.15, 0.2) is 24.3 Å². The van der Waals surface area contributed by atoms with E-state index in [0.29, 0.717) is 11.1 Å². The number of rotatable bonds is 5. The minimum atomic E-state index is -0.399. The Morgan fingerprint density at radius 2 is 1.72 bits per heavy atom. The Kier molecular flexibility index (Phi) is 5.00. The van der Waals surface area contributed by atoms with Crippen LogP contribution in [-0.4, -0.2) is 30.2 Å². The minimum Gasteiger partial charge on any atom is -0.293 e. The smallest absolute Gasteiger partial charge is 0.285 e. The third-order valence-corrected chi connectivity index (χ3v) is 2.48. The molecule has 1 heterocycles. The lowest BCUT2D eigenvalue weighted by Crippen LogP contribution is -2.34. The van der Waals surface area contributed by atoms with Crippen molar-refractivity contribution in [2.45, 2.75) is 20.8 Å². The molecule has 1 aromatic rings. The lowest BCUT2D eigenvalue weighted by molar-refractivity contribution is -0.0975. The van der Waals surface area contributed by atoms with Crippen LogP contribution in [0.3, 0.4) is 0 Å². The number of hydrogen-bond donors (Lipinski definition) is 1. The van der Waals surface area contributed by atoms with E-state index in [1.54, 1.807) is 24.3 Å². The second-order valence-corrected chi connectivity index (χ2v) is 3.72. The van der Waals surface area contributed by atoms with E-state index in [1.807, 2.05) is 6.92 Å². The largest absolute Gasteiger partial charge is 0.293 e. The Morgan fingerprint density at radius 1 is 1.17 bits per heavy atom. The van der Waals surface area contributed by atoms with Crippen LogP contribution in [0, 0.1) is 0 Å². The summed E-state index contributed by atoms with van der Waals surface area (Å²) in [6, 6.07) is 6.70. The van der Waals surface area contributed by atoms with Gasteiger partial charge in [0.05, 0.1) is 11.1 Å². The van der Waals surface area contributed by atoms with Gasteiger partial charge in [0.25, 0.3) is 11.8 Å². The molecule has 0 spiro atoms. The summed E-state index contributed by atoms with van der Waals surface area (Å²) in [7, 11) is 0. The Bertz CT molecular complexity index is 411. The SMILES string of the molecule is C.CCCNCON1C(=O)c2ccccc2C1=O. The summed E-state index contributed by atoms with van der Waals surface area (Å²) >= 11 is 0. The average molecular weight is 250 g/mol. The van der Waals surface area contributed by atoms with Gasteiger partial charge in [-0.3, -0.25) is 14.9 Å². The lowest BCUT2D eigenvalue weighted by Gasteiger charge is -2.13. The molecule has 0 aliphatic carbocycles. The molecule has 5 nitrogen and oxygen atoms in total. The molecule has 1 aliphatic rings. The van der Waals surface area contributed by atoms with Crippen LogP contribution >= 0.6 is 0 Å². The van der Waals surface area contributed by atoms with E-state index in [4.69, 9.17) is 4.84 Å². The first-order chi connectivity index (χ1) is 8.25. The van der Waals surface area contributed by atoms with Gasteiger partial charge in [0.2, 0.25) is 0 Å². The maximum absolute atomic E-state index is 11.8. The molecule has 0 atom stereocenters. The maximum Gasteiger partial charge on any atom is 0.285 e. The minimum absolute atomic E-state index is 0. The zero-order valence-electron chi connectivity index (χ0n) is 9.60. The summed E-state index contributed by atoms with van der Waals surface area (Å²) in [5.41, 5.74) is 0.793. The molecule has 2 amide bonds. The summed E-state index contributed by atoms with van der Waals surface area (Å²) in [5, 5.41) is 3.77. The Morgan fingerprint density at radius 3 is 2.22 bits per heavy atom. The predicted octanol–water partition coefficient (Wildman–Crippen LogP) is 1.81. The summed E-state index contributed by atoms with van der Waals surface area (Å²) in [5.74, 6) is -0.798. The van der Waals surface area contributed by atoms with Crippen molar-refractivity contribution in [3.8, 4) is 0 Å². The first kappa shape index (κ1) is 14.3. The van der Waals surface area contributed by atoms with E-state index >= 15 is 0 Å². The molecule has 2 rings (SSSR count). The van der Waals surface area contributed by atoms with Crippen molar-refractivity contribution in [2.24, 2.45) is 0 Å². The highest BCUT2D eigenvalue weighted by molar-refractivity contribution is 6.20. The normalized spacial score (nSPS) is 13.5. The third-order valence-electron chi connectivity index (χ3n) is 2.48. The molecule has 18 heavy (non-hydrogen) atoms. The highest BCUT2D eigenvalue weighted by Gasteiger charge is 2.36. The molecule has 98 valence electrons. The van der Waals surface area contributed by atoms with Crippen molar-refractivity contribution in [3.05, 3.63) is 35.4 Å². The quantitative estimate of drug-likeness (QED) is 0.492. The van der Waals surface area contributed by atoms with E-state index in [1.165, 1.54) is 0 Å². The van der Waals surface area contributed by atoms with E-state index in [-0.39, 0.29) is 14.2 Å². The Labute approximate surface area is 107 Å². The van der Waals surface area contributed by atoms with Gasteiger partial charge in [-0.05, 0) is 25.1 Å². The fraction of sp³-hybridized carbons (Fsp3) is 0.385. The monoisotopic (exact) mass is 250 g/mol. The molecule has 0 radical (unpaired) electrons. The fourth-order valence-electron chi connectivity index (χ4n) is 1.64. The zero-order chi connectivity index (χ0) is 12.3. The van der Waals surface area contributed by atoms with Gasteiger partial charge in [-0.2, -0.15) is 0 Å². The van der Waals surface area contributed by atoms with Gasteiger partial charge in [-0.25, -0.2) is 4.84 Å². The van der Waals surface area contributed by atoms with Gasteiger partial charge < -0.3 is 0 Å². The molecule has 0 saturated carbocycles. The number of carbonyl (C=O) groups is 2. The summed E-state index contributed by atoms with van der Waals surface area (Å²) in [6.45, 7) is 2.96. The number of fused-ring (bicyclic) bond motifs is 1. The van der Waals surface area contributed by atoms with Crippen LogP contribution in [-0.2, 0) is 4.84 Å². The summed E-state index contributed by atoms with van der Waals surface area (Å²) in [6.07, 6.45) is 0.964. The van der Waals surface area contributed by atoms with Crippen LogP contribution in [0.25, 0.3) is 0 Å². The van der Waals surface area contributed by atoms with Crippen molar-refractivity contribution in [1.29, 1.82) is 0 Å². The van der Waals surface area contributed by atoms with Gasteiger partial charge in [-0.15, -0.1) is 5.06 Å². The molecule has 1 aromatic carbocycles. The molecule has 1 aliphatic heterocycles. The van der Waals surface area contributed by atoms with Gasteiger partial charge in [0.1, 0.15) is 6.73 Å². The average Bonchev–Trinajstić information content (AvgIpc) is 2.60. The zero-order valence-corrected chi connectivity index (χ0v) is 9.60. The topological polar surface area (TPSA) is 58.6 Å². The van der Waals surface area contributed by atoms with E-state index in [2.05, 4.69) is 5.32 Å². The molecule has 5 heteroatoms. The number of benzene rings is 1. The highest BCUT2D eigenvalue weighted by atomic mass is 16.7. The first-order valence-electron chi connectivity index (χ1n) is 5.57. The van der Waals surface area contributed by atoms with Crippen molar-refractivity contribution >= 4 is 11.8 Å². The van der Waals surface area contributed by atoms with Gasteiger partial charge >= 0.3 is 0 Å². The lowest BCUT2D eigenvalue weighted by atomic mass is 10.1. The highest BCUT2D eigenvalue weighted by Crippen LogP contribution is 2.22. The second kappa shape index (κ2) is 6.28. The Hall–Kier alpha value is -1.72. The number of amides is 2. The van der Waals surface area contributed by atoms with Crippen LogP contribution < -0.4 is 5.32 Å². The summed E-state index contributed by atoms with van der Waals surface area (Å²) in [4.78, 5) is 28.8. The standard InChI is InChI=1S/C12H14N2O3.CH4/c1-2-7-13-8-17-14-11(15)9-5-3-4-6-10(9)12(14)16;/h3-6,13H,2,7-8H2,1H3;1H4. The number of nitrogens with one attached hydrogen (secondary N) is 1. The predicted molar refractivity (Wildman–Crippen MR) is 67.9 cm³/mol.